The lowest BCUT2D eigenvalue weighted by atomic mass is 9.99. The minimum Gasteiger partial charge on any atom is -0.243 e. The molecule has 2 radical (unpaired) electrons. The normalized spacial score (nSPS) is 11.3. The summed E-state index contributed by atoms with van der Waals surface area (Å²) < 4.78 is 0. The predicted molar refractivity (Wildman–Crippen MR) is 67.7 cm³/mol. The van der Waals surface area contributed by atoms with E-state index in [4.69, 9.17) is 19.4 Å². The van der Waals surface area contributed by atoms with Gasteiger partial charge in [0.25, 0.3) is 0 Å². The van der Waals surface area contributed by atoms with Crippen molar-refractivity contribution in [3.05, 3.63) is 40.5 Å². The number of hydrogen-bond donors (Lipinski definition) is 0. The zero-order valence-corrected chi connectivity index (χ0v) is 9.62. The highest BCUT2D eigenvalue weighted by molar-refractivity contribution is 6.31. The van der Waals surface area contributed by atoms with Gasteiger partial charge in [0.2, 0.25) is 0 Å². The SMILES string of the molecule is [B]/C(C)=C/N(N=C)c1ccc(C)c(Cl)c1. The number of nitrogens with zero attached hydrogens (tertiary/aromatic N) is 2. The number of hydrazone groups is 1. The molecule has 76 valence electrons. The lowest BCUT2D eigenvalue weighted by Gasteiger charge is -2.15. The fraction of sp³-hybridized carbons (Fsp3) is 0.182. The summed E-state index contributed by atoms with van der Waals surface area (Å²) in [6.45, 7) is 7.21. The molecule has 0 N–H and O–H groups in total. The van der Waals surface area contributed by atoms with Crippen LogP contribution in [0, 0.1) is 6.92 Å². The zero-order valence-electron chi connectivity index (χ0n) is 8.87. The third-order valence-corrected chi connectivity index (χ3v) is 2.31. The van der Waals surface area contributed by atoms with Crippen LogP contribution in [0.2, 0.25) is 5.02 Å². The average Bonchev–Trinajstić information content (AvgIpc) is 2.18. The molecular weight excluding hydrogens is 206 g/mol. The van der Waals surface area contributed by atoms with Crippen LogP contribution in [0.4, 0.5) is 5.69 Å². The Hall–Kier alpha value is -1.22. The first kappa shape index (κ1) is 11.9. The fourth-order valence-electron chi connectivity index (χ4n) is 1.11. The highest BCUT2D eigenvalue weighted by atomic mass is 35.5. The molecule has 4 heteroatoms. The Morgan fingerprint density at radius 2 is 2.27 bits per heavy atom. The van der Waals surface area contributed by atoms with Crippen molar-refractivity contribution in [3.8, 4) is 0 Å². The summed E-state index contributed by atoms with van der Waals surface area (Å²) >= 11 is 6.01. The van der Waals surface area contributed by atoms with Crippen LogP contribution in [0.3, 0.4) is 0 Å². The van der Waals surface area contributed by atoms with E-state index in [1.165, 1.54) is 0 Å². The van der Waals surface area contributed by atoms with Crippen LogP contribution < -0.4 is 5.01 Å². The van der Waals surface area contributed by atoms with Gasteiger partial charge in [-0.1, -0.05) is 24.6 Å². The lowest BCUT2D eigenvalue weighted by Crippen LogP contribution is -2.07. The van der Waals surface area contributed by atoms with Crippen LogP contribution in [0.25, 0.3) is 0 Å². The van der Waals surface area contributed by atoms with Crippen LogP contribution in [0.15, 0.2) is 35.0 Å². The van der Waals surface area contributed by atoms with Crippen molar-refractivity contribution in [2.75, 3.05) is 5.01 Å². The van der Waals surface area contributed by atoms with Gasteiger partial charge < -0.3 is 0 Å². The van der Waals surface area contributed by atoms with E-state index < -0.39 is 0 Å². The molecule has 2 nitrogen and oxygen atoms in total. The summed E-state index contributed by atoms with van der Waals surface area (Å²) in [6.07, 6.45) is 1.69. The second kappa shape index (κ2) is 5.03. The van der Waals surface area contributed by atoms with Gasteiger partial charge in [0.15, 0.2) is 0 Å². The molecule has 0 unspecified atom stereocenters. The zero-order chi connectivity index (χ0) is 11.4. The number of anilines is 1. The first-order chi connectivity index (χ1) is 7.04. The van der Waals surface area contributed by atoms with Gasteiger partial charge in [-0.05, 0) is 24.6 Å². The van der Waals surface area contributed by atoms with Gasteiger partial charge in [-0.2, -0.15) is 5.10 Å². The maximum Gasteiger partial charge on any atom is 0.109 e. The Labute approximate surface area is 96.6 Å². The number of aryl methyl sites for hydroxylation is 1. The number of hydrogen-bond acceptors (Lipinski definition) is 2. The molecule has 1 aromatic rings. The molecule has 0 heterocycles. The van der Waals surface area contributed by atoms with Crippen molar-refractivity contribution >= 4 is 31.9 Å². The molecule has 0 bridgehead atoms. The molecule has 0 aromatic heterocycles. The van der Waals surface area contributed by atoms with Gasteiger partial charge in [-0.15, -0.1) is 5.47 Å². The van der Waals surface area contributed by atoms with E-state index in [9.17, 15) is 0 Å². The summed E-state index contributed by atoms with van der Waals surface area (Å²) in [5, 5.41) is 6.12. The Bertz CT molecular complexity index is 398. The molecule has 0 saturated heterocycles. The Balaban J connectivity index is 3.08. The maximum absolute atomic E-state index is 6.01. The Morgan fingerprint density at radius 3 is 2.73 bits per heavy atom. The summed E-state index contributed by atoms with van der Waals surface area (Å²) in [5.74, 6) is 0. The third kappa shape index (κ3) is 3.13. The van der Waals surface area contributed by atoms with Gasteiger partial charge >= 0.3 is 0 Å². The molecule has 0 aliphatic rings. The Morgan fingerprint density at radius 1 is 1.60 bits per heavy atom. The number of benzene rings is 1. The highest BCUT2D eigenvalue weighted by Crippen LogP contribution is 2.23. The summed E-state index contributed by atoms with van der Waals surface area (Å²) in [7, 11) is 5.57. The fourth-order valence-corrected chi connectivity index (χ4v) is 1.29. The lowest BCUT2D eigenvalue weighted by molar-refractivity contribution is 1.08. The molecule has 0 amide bonds. The minimum absolute atomic E-state index is 0.652. The van der Waals surface area contributed by atoms with Crippen molar-refractivity contribution in [3.63, 3.8) is 0 Å². The molecule has 0 aliphatic carbocycles. The van der Waals surface area contributed by atoms with E-state index in [-0.39, 0.29) is 0 Å². The van der Waals surface area contributed by atoms with Gasteiger partial charge in [-0.3, -0.25) is 0 Å². The van der Waals surface area contributed by atoms with Crippen molar-refractivity contribution in [1.82, 2.24) is 0 Å². The monoisotopic (exact) mass is 218 g/mol. The topological polar surface area (TPSA) is 15.6 Å². The standard InChI is InChI=1S/C11H12BClN2/c1-8-4-5-10(6-11(8)13)15(14-3)7-9(2)12/h4-7H,3H2,1-2H3/b9-7+. The van der Waals surface area contributed by atoms with Crippen LogP contribution in [-0.2, 0) is 0 Å². The first-order valence-electron chi connectivity index (χ1n) is 4.50. The van der Waals surface area contributed by atoms with Crippen molar-refractivity contribution in [1.29, 1.82) is 0 Å². The van der Waals surface area contributed by atoms with Crippen molar-refractivity contribution in [2.24, 2.45) is 5.10 Å². The molecule has 0 atom stereocenters. The average molecular weight is 218 g/mol. The summed E-state index contributed by atoms with van der Waals surface area (Å²) in [6, 6.07) is 5.66. The summed E-state index contributed by atoms with van der Waals surface area (Å²) in [4.78, 5) is 0. The third-order valence-electron chi connectivity index (χ3n) is 1.90. The van der Waals surface area contributed by atoms with E-state index in [1.54, 1.807) is 18.1 Å². The second-order valence-corrected chi connectivity index (χ2v) is 3.70. The van der Waals surface area contributed by atoms with E-state index >= 15 is 0 Å². The molecule has 1 aromatic carbocycles. The van der Waals surface area contributed by atoms with Gasteiger partial charge in [0.1, 0.15) is 7.85 Å². The van der Waals surface area contributed by atoms with E-state index in [0.717, 1.165) is 11.3 Å². The highest BCUT2D eigenvalue weighted by Gasteiger charge is 2.03. The molecule has 0 saturated carbocycles. The molecule has 0 aliphatic heterocycles. The second-order valence-electron chi connectivity index (χ2n) is 3.29. The van der Waals surface area contributed by atoms with E-state index in [1.807, 2.05) is 25.1 Å². The maximum atomic E-state index is 6.01. The minimum atomic E-state index is 0.652. The molecule has 15 heavy (non-hydrogen) atoms. The van der Waals surface area contributed by atoms with E-state index in [0.29, 0.717) is 10.5 Å². The quantitative estimate of drug-likeness (QED) is 0.432. The van der Waals surface area contributed by atoms with Crippen LogP contribution in [0.1, 0.15) is 12.5 Å². The van der Waals surface area contributed by atoms with Gasteiger partial charge in [0, 0.05) is 17.9 Å². The molecule has 0 spiro atoms. The first-order valence-corrected chi connectivity index (χ1v) is 4.88. The smallest absolute Gasteiger partial charge is 0.109 e. The van der Waals surface area contributed by atoms with Crippen molar-refractivity contribution in [2.45, 2.75) is 13.8 Å². The van der Waals surface area contributed by atoms with Gasteiger partial charge in [0.05, 0.1) is 5.69 Å². The van der Waals surface area contributed by atoms with Crippen molar-refractivity contribution < 1.29 is 0 Å². The summed E-state index contributed by atoms with van der Waals surface area (Å²) in [5.41, 5.74) is 2.52. The molecule has 0 fully saturated rings. The molecular formula is C11H12BClN2. The van der Waals surface area contributed by atoms with Crippen LogP contribution in [-0.4, -0.2) is 14.6 Å². The molecule has 1 rings (SSSR count). The Kier molecular flexibility index (Phi) is 3.98. The van der Waals surface area contributed by atoms with Gasteiger partial charge in [-0.25, -0.2) is 5.01 Å². The largest absolute Gasteiger partial charge is 0.243 e. The van der Waals surface area contributed by atoms with E-state index in [2.05, 4.69) is 11.8 Å². The number of rotatable bonds is 3. The number of allylic oxidation sites excluding steroid dienone is 1. The van der Waals surface area contributed by atoms with Crippen LogP contribution >= 0.6 is 11.6 Å². The predicted octanol–water partition coefficient (Wildman–Crippen LogP) is 3.10. The number of halogens is 1. The van der Waals surface area contributed by atoms with Crippen LogP contribution in [0.5, 0.6) is 0 Å².